The summed E-state index contributed by atoms with van der Waals surface area (Å²) in [6, 6.07) is 6.81. The first kappa shape index (κ1) is 15.0. The summed E-state index contributed by atoms with van der Waals surface area (Å²) in [5.41, 5.74) is 0.410. The molecule has 1 aromatic carbocycles. The van der Waals surface area contributed by atoms with Crippen molar-refractivity contribution in [2.75, 3.05) is 20.8 Å². The predicted molar refractivity (Wildman–Crippen MR) is 71.9 cm³/mol. The number of fused-ring (bicyclic) bond motifs is 1. The molecular weight excluding hydrogens is 276 g/mol. The molecule has 21 heavy (non-hydrogen) atoms. The van der Waals surface area contributed by atoms with Crippen molar-refractivity contribution >= 4 is 17.7 Å². The van der Waals surface area contributed by atoms with E-state index in [0.717, 1.165) is 0 Å². The van der Waals surface area contributed by atoms with Crippen molar-refractivity contribution in [1.82, 2.24) is 0 Å². The van der Waals surface area contributed by atoms with E-state index in [-0.39, 0.29) is 18.8 Å². The van der Waals surface area contributed by atoms with E-state index in [9.17, 15) is 14.4 Å². The van der Waals surface area contributed by atoms with Crippen molar-refractivity contribution in [2.24, 2.45) is 11.8 Å². The van der Waals surface area contributed by atoms with Crippen molar-refractivity contribution in [3.8, 4) is 5.75 Å². The van der Waals surface area contributed by atoms with E-state index < -0.39 is 23.8 Å². The van der Waals surface area contributed by atoms with Crippen LogP contribution in [0.1, 0.15) is 16.8 Å². The second-order valence-electron chi connectivity index (χ2n) is 4.69. The Hall–Kier alpha value is -2.37. The van der Waals surface area contributed by atoms with Gasteiger partial charge in [0.1, 0.15) is 5.75 Å². The number of para-hydroxylation sites is 1. The molecule has 6 heteroatoms. The second kappa shape index (κ2) is 6.39. The highest BCUT2D eigenvalue weighted by atomic mass is 16.5. The molecule has 0 aromatic heterocycles. The van der Waals surface area contributed by atoms with Gasteiger partial charge in [0, 0.05) is 0 Å². The lowest BCUT2D eigenvalue weighted by Crippen LogP contribution is -2.39. The van der Waals surface area contributed by atoms with Gasteiger partial charge in [0.25, 0.3) is 0 Å². The fourth-order valence-electron chi connectivity index (χ4n) is 2.35. The number of carbonyl (C=O) groups excluding carboxylic acids is 3. The number of ether oxygens (including phenoxy) is 3. The molecule has 1 heterocycles. The quantitative estimate of drug-likeness (QED) is 0.777. The maximum atomic E-state index is 12.5. The monoisotopic (exact) mass is 292 g/mol. The first-order chi connectivity index (χ1) is 10.1. The Morgan fingerprint density at radius 1 is 1.29 bits per heavy atom. The molecule has 1 aliphatic heterocycles. The summed E-state index contributed by atoms with van der Waals surface area (Å²) in [6.07, 6.45) is -0.217. The molecule has 2 rings (SSSR count). The Morgan fingerprint density at radius 3 is 2.67 bits per heavy atom. The van der Waals surface area contributed by atoms with Gasteiger partial charge < -0.3 is 14.2 Å². The number of rotatable bonds is 4. The SMILES string of the molecule is COC(=O)C[C@H](C(=O)OC)[C@H]1COc2ccccc2C1=O. The summed E-state index contributed by atoms with van der Waals surface area (Å²) in [5.74, 6) is -2.61. The van der Waals surface area contributed by atoms with Gasteiger partial charge in [-0.1, -0.05) is 12.1 Å². The summed E-state index contributed by atoms with van der Waals surface area (Å²) < 4.78 is 14.8. The van der Waals surface area contributed by atoms with Gasteiger partial charge in [0.15, 0.2) is 5.78 Å². The Balaban J connectivity index is 2.27. The van der Waals surface area contributed by atoms with Crippen molar-refractivity contribution in [3.05, 3.63) is 29.8 Å². The Bertz CT molecular complexity index is 565. The van der Waals surface area contributed by atoms with Crippen LogP contribution in [0.4, 0.5) is 0 Å². The Kier molecular flexibility index (Phi) is 4.57. The fraction of sp³-hybridized carbons (Fsp3) is 0.400. The average molecular weight is 292 g/mol. The van der Waals surface area contributed by atoms with Crippen LogP contribution < -0.4 is 4.74 Å². The third-order valence-corrected chi connectivity index (χ3v) is 3.51. The molecule has 0 radical (unpaired) electrons. The van der Waals surface area contributed by atoms with Crippen LogP contribution in [0.3, 0.4) is 0 Å². The van der Waals surface area contributed by atoms with E-state index in [2.05, 4.69) is 4.74 Å². The van der Waals surface area contributed by atoms with Gasteiger partial charge in [0.05, 0.1) is 44.6 Å². The first-order valence-electron chi connectivity index (χ1n) is 6.49. The maximum absolute atomic E-state index is 12.5. The standard InChI is InChI=1S/C15H16O6/c1-19-13(16)7-10(15(18)20-2)11-8-21-12-6-4-3-5-9(12)14(11)17/h3-6,10-11H,7-8H2,1-2H3/t10-,11+/m0/s1. The van der Waals surface area contributed by atoms with Crippen LogP contribution in [-0.2, 0) is 19.1 Å². The molecule has 1 aliphatic rings. The van der Waals surface area contributed by atoms with E-state index in [1.54, 1.807) is 24.3 Å². The van der Waals surface area contributed by atoms with Crippen LogP contribution in [0.5, 0.6) is 5.75 Å². The minimum Gasteiger partial charge on any atom is -0.492 e. The number of Topliss-reactive ketones (excluding diaryl/α,β-unsaturated/α-hetero) is 1. The van der Waals surface area contributed by atoms with Gasteiger partial charge in [-0.05, 0) is 12.1 Å². The zero-order chi connectivity index (χ0) is 15.4. The highest BCUT2D eigenvalue weighted by molar-refractivity contribution is 6.03. The third-order valence-electron chi connectivity index (χ3n) is 3.51. The molecule has 0 N–H and O–H groups in total. The molecule has 0 fully saturated rings. The molecule has 0 unspecified atom stereocenters. The minimum atomic E-state index is -0.914. The highest BCUT2D eigenvalue weighted by Gasteiger charge is 2.40. The predicted octanol–water partition coefficient (Wildman–Crippen LogP) is 1.23. The number of hydrogen-bond acceptors (Lipinski definition) is 6. The molecule has 0 bridgehead atoms. The Morgan fingerprint density at radius 2 is 2.00 bits per heavy atom. The van der Waals surface area contributed by atoms with Crippen LogP contribution in [0.2, 0.25) is 0 Å². The largest absolute Gasteiger partial charge is 0.492 e. The molecule has 112 valence electrons. The number of ketones is 1. The smallest absolute Gasteiger partial charge is 0.310 e. The van der Waals surface area contributed by atoms with Crippen molar-refractivity contribution in [1.29, 1.82) is 0 Å². The topological polar surface area (TPSA) is 78.9 Å². The molecule has 0 spiro atoms. The van der Waals surface area contributed by atoms with Crippen molar-refractivity contribution in [2.45, 2.75) is 6.42 Å². The fourth-order valence-corrected chi connectivity index (χ4v) is 2.35. The summed E-state index contributed by atoms with van der Waals surface area (Å²) in [5, 5.41) is 0. The third kappa shape index (κ3) is 3.04. The first-order valence-corrected chi connectivity index (χ1v) is 6.49. The normalized spacial score (nSPS) is 18.2. The second-order valence-corrected chi connectivity index (χ2v) is 4.69. The highest BCUT2D eigenvalue weighted by Crippen LogP contribution is 2.32. The van der Waals surface area contributed by atoms with Crippen LogP contribution in [0, 0.1) is 11.8 Å². The molecule has 0 amide bonds. The summed E-state index contributed by atoms with van der Waals surface area (Å²) >= 11 is 0. The number of esters is 2. The zero-order valence-electron chi connectivity index (χ0n) is 11.8. The van der Waals surface area contributed by atoms with Gasteiger partial charge in [-0.15, -0.1) is 0 Å². The number of methoxy groups -OCH3 is 2. The van der Waals surface area contributed by atoms with Gasteiger partial charge in [-0.2, -0.15) is 0 Å². The van der Waals surface area contributed by atoms with Crippen LogP contribution in [0.15, 0.2) is 24.3 Å². The maximum Gasteiger partial charge on any atom is 0.310 e. The number of carbonyl (C=O) groups is 3. The zero-order valence-corrected chi connectivity index (χ0v) is 11.8. The molecule has 0 aliphatic carbocycles. The minimum absolute atomic E-state index is 0.0343. The van der Waals surface area contributed by atoms with Crippen molar-refractivity contribution < 1.29 is 28.6 Å². The average Bonchev–Trinajstić information content (AvgIpc) is 2.52. The van der Waals surface area contributed by atoms with E-state index in [1.807, 2.05) is 0 Å². The van der Waals surface area contributed by atoms with E-state index in [1.165, 1.54) is 14.2 Å². The molecule has 6 nitrogen and oxygen atoms in total. The van der Waals surface area contributed by atoms with Gasteiger partial charge in [0.2, 0.25) is 0 Å². The van der Waals surface area contributed by atoms with E-state index in [0.29, 0.717) is 11.3 Å². The summed E-state index contributed by atoms with van der Waals surface area (Å²) in [4.78, 5) is 35.8. The van der Waals surface area contributed by atoms with Gasteiger partial charge in [-0.3, -0.25) is 14.4 Å². The van der Waals surface area contributed by atoms with Gasteiger partial charge >= 0.3 is 11.9 Å². The molecular formula is C15H16O6. The summed E-state index contributed by atoms with van der Waals surface area (Å²) in [7, 11) is 2.44. The lowest BCUT2D eigenvalue weighted by Gasteiger charge is -2.28. The summed E-state index contributed by atoms with van der Waals surface area (Å²) in [6.45, 7) is 0.0343. The van der Waals surface area contributed by atoms with Crippen LogP contribution in [-0.4, -0.2) is 38.5 Å². The van der Waals surface area contributed by atoms with E-state index in [4.69, 9.17) is 9.47 Å². The number of hydrogen-bond donors (Lipinski definition) is 0. The van der Waals surface area contributed by atoms with Gasteiger partial charge in [-0.25, -0.2) is 0 Å². The lowest BCUT2D eigenvalue weighted by atomic mass is 9.82. The van der Waals surface area contributed by atoms with Crippen LogP contribution >= 0.6 is 0 Å². The lowest BCUT2D eigenvalue weighted by molar-refractivity contribution is -0.153. The molecule has 0 saturated carbocycles. The molecule has 1 aromatic rings. The van der Waals surface area contributed by atoms with Crippen LogP contribution in [0.25, 0.3) is 0 Å². The number of benzene rings is 1. The van der Waals surface area contributed by atoms with E-state index >= 15 is 0 Å². The molecule has 0 saturated heterocycles. The Labute approximate surface area is 122 Å². The van der Waals surface area contributed by atoms with Crippen molar-refractivity contribution in [3.63, 3.8) is 0 Å². The molecule has 2 atom stereocenters.